The fourth-order valence-electron chi connectivity index (χ4n) is 4.75. The monoisotopic (exact) mass is 472 g/mol. The van der Waals surface area contributed by atoms with Crippen LogP contribution in [0.1, 0.15) is 76.8 Å². The molecule has 1 aliphatic heterocycles. The number of hydrogen-bond acceptors (Lipinski definition) is 5. The minimum absolute atomic E-state index is 0.0983. The maximum atomic E-state index is 13.5. The topological polar surface area (TPSA) is 88.5 Å². The molecule has 0 radical (unpaired) electrons. The van der Waals surface area contributed by atoms with Crippen molar-refractivity contribution in [3.8, 4) is 11.1 Å². The van der Waals surface area contributed by atoms with Gasteiger partial charge in [-0.15, -0.1) is 0 Å². The molecule has 1 aliphatic rings. The first-order valence-electron chi connectivity index (χ1n) is 11.8. The first-order valence-corrected chi connectivity index (χ1v) is 11.8. The van der Waals surface area contributed by atoms with E-state index < -0.39 is 23.7 Å². The van der Waals surface area contributed by atoms with Crippen LogP contribution in [0.15, 0.2) is 48.7 Å². The summed E-state index contributed by atoms with van der Waals surface area (Å²) < 4.78 is 6.05. The summed E-state index contributed by atoms with van der Waals surface area (Å²) >= 11 is 0. The smallest absolute Gasteiger partial charge is 0.337 e. The Bertz CT molecular complexity index is 1290. The number of pyridine rings is 1. The first-order chi connectivity index (χ1) is 16.5. The van der Waals surface area contributed by atoms with E-state index in [0.717, 1.165) is 38.9 Å². The highest BCUT2D eigenvalue weighted by atomic mass is 16.5. The lowest BCUT2D eigenvalue weighted by Gasteiger charge is -2.28. The minimum Gasteiger partial charge on any atom is -0.479 e. The third-order valence-electron chi connectivity index (χ3n) is 6.28. The van der Waals surface area contributed by atoms with Gasteiger partial charge in [-0.1, -0.05) is 35.9 Å². The third kappa shape index (κ3) is 5.04. The largest absolute Gasteiger partial charge is 0.479 e. The van der Waals surface area contributed by atoms with E-state index in [1.165, 1.54) is 0 Å². The molecule has 0 saturated carbocycles. The summed E-state index contributed by atoms with van der Waals surface area (Å²) in [7, 11) is 0. The molecule has 0 spiro atoms. The number of aromatic nitrogens is 1. The number of aliphatic carboxylic acids is 1. The van der Waals surface area contributed by atoms with E-state index in [4.69, 9.17) is 4.74 Å². The van der Waals surface area contributed by atoms with E-state index in [1.807, 2.05) is 77.9 Å². The van der Waals surface area contributed by atoms with Gasteiger partial charge in [-0.25, -0.2) is 4.79 Å². The number of carboxylic acids is 1. The summed E-state index contributed by atoms with van der Waals surface area (Å²) in [5.74, 6) is -1.14. The number of fused-ring (bicyclic) bond motifs is 1. The van der Waals surface area contributed by atoms with Gasteiger partial charge >= 0.3 is 5.97 Å². The van der Waals surface area contributed by atoms with E-state index in [1.54, 1.807) is 12.3 Å². The number of carbonyl (C=O) groups excluding carboxylic acids is 1. The van der Waals surface area contributed by atoms with Crippen LogP contribution >= 0.6 is 0 Å². The third-order valence-corrected chi connectivity index (χ3v) is 6.28. The van der Waals surface area contributed by atoms with Gasteiger partial charge in [0.05, 0.1) is 11.6 Å². The molecule has 1 unspecified atom stereocenters. The number of aryl methyl sites for hydroxylation is 2. The van der Waals surface area contributed by atoms with Gasteiger partial charge in [-0.05, 0) is 87.1 Å². The van der Waals surface area contributed by atoms with Crippen molar-refractivity contribution < 1.29 is 19.4 Å². The maximum absolute atomic E-state index is 13.5. The summed E-state index contributed by atoms with van der Waals surface area (Å²) in [4.78, 5) is 30.2. The van der Waals surface area contributed by atoms with Crippen molar-refractivity contribution in [2.75, 3.05) is 0 Å². The van der Waals surface area contributed by atoms with Gasteiger partial charge in [-0.3, -0.25) is 15.1 Å². The molecule has 2 aromatic carbocycles. The zero-order valence-electron chi connectivity index (χ0n) is 21.1. The van der Waals surface area contributed by atoms with E-state index in [-0.39, 0.29) is 5.78 Å². The Morgan fingerprint density at radius 2 is 1.74 bits per heavy atom. The summed E-state index contributed by atoms with van der Waals surface area (Å²) in [5, 5.41) is 13.5. The van der Waals surface area contributed by atoms with Gasteiger partial charge in [0.25, 0.3) is 0 Å². The highest BCUT2D eigenvalue weighted by molar-refractivity contribution is 6.00. The molecule has 6 heteroatoms. The highest BCUT2D eigenvalue weighted by Gasteiger charge is 2.36. The molecule has 3 aromatic rings. The Morgan fingerprint density at radius 1 is 1.06 bits per heavy atom. The second-order valence-electron chi connectivity index (χ2n) is 10.2. The minimum atomic E-state index is -1.15. The van der Waals surface area contributed by atoms with E-state index >= 15 is 0 Å². The number of hydrogen-bond donors (Lipinski definition) is 2. The molecule has 0 saturated heterocycles. The summed E-state index contributed by atoms with van der Waals surface area (Å²) in [5.41, 5.74) is 6.77. The fraction of sp³-hybridized carbons (Fsp3) is 0.345. The van der Waals surface area contributed by atoms with Gasteiger partial charge < -0.3 is 9.84 Å². The van der Waals surface area contributed by atoms with Crippen LogP contribution in [-0.4, -0.2) is 27.4 Å². The quantitative estimate of drug-likeness (QED) is 0.451. The van der Waals surface area contributed by atoms with Crippen molar-refractivity contribution >= 4 is 11.8 Å². The van der Waals surface area contributed by atoms with Crippen molar-refractivity contribution in [3.05, 3.63) is 87.7 Å². The van der Waals surface area contributed by atoms with Crippen molar-refractivity contribution in [1.29, 1.82) is 0 Å². The number of benzene rings is 2. The Morgan fingerprint density at radius 3 is 2.34 bits per heavy atom. The number of nitrogens with one attached hydrogen (secondary N) is 1. The van der Waals surface area contributed by atoms with Gasteiger partial charge in [0.2, 0.25) is 5.78 Å². The van der Waals surface area contributed by atoms with Gasteiger partial charge in [-0.2, -0.15) is 0 Å². The average molecular weight is 473 g/mol. The van der Waals surface area contributed by atoms with Gasteiger partial charge in [0, 0.05) is 18.3 Å². The van der Waals surface area contributed by atoms with Crippen LogP contribution in [0, 0.1) is 20.8 Å². The van der Waals surface area contributed by atoms with E-state index in [0.29, 0.717) is 17.8 Å². The predicted molar refractivity (Wildman–Crippen MR) is 135 cm³/mol. The highest BCUT2D eigenvalue weighted by Crippen LogP contribution is 2.42. The average Bonchev–Trinajstić information content (AvgIpc) is 3.21. The molecule has 0 fully saturated rings. The maximum Gasteiger partial charge on any atom is 0.337 e. The van der Waals surface area contributed by atoms with Crippen LogP contribution in [0.25, 0.3) is 11.1 Å². The number of ether oxygens (including phenoxy) is 1. The predicted octanol–water partition coefficient (Wildman–Crippen LogP) is 5.64. The lowest BCUT2D eigenvalue weighted by molar-refractivity contribution is -0.160. The number of carbonyl (C=O) groups is 2. The van der Waals surface area contributed by atoms with Crippen molar-refractivity contribution in [3.63, 3.8) is 0 Å². The molecule has 1 aromatic heterocycles. The molecular formula is C29H32N2O4. The van der Waals surface area contributed by atoms with Crippen LogP contribution in [-0.2, 0) is 16.1 Å². The molecule has 0 aliphatic carbocycles. The standard InChI is InChI=1S/C29H32N2O4/c1-16-7-9-19(10-8-16)23-18(3)24-20(14-21(23)27(28(33)34)35-29(4,5)6)15-31-25(24)26(32)22-13-17(2)11-12-30-22/h7-14,25,27,31H,15H2,1-6H3,(H,33,34)/t25?,27-/m0/s1. The van der Waals surface area contributed by atoms with Gasteiger partial charge in [0.15, 0.2) is 6.10 Å². The van der Waals surface area contributed by atoms with E-state index in [2.05, 4.69) is 10.3 Å². The van der Waals surface area contributed by atoms with Crippen molar-refractivity contribution in [2.24, 2.45) is 0 Å². The lowest BCUT2D eigenvalue weighted by Crippen LogP contribution is -2.28. The molecule has 2 heterocycles. The lowest BCUT2D eigenvalue weighted by atomic mass is 9.84. The number of Topliss-reactive ketones (excluding diaryl/α,β-unsaturated/α-hetero) is 1. The summed E-state index contributed by atoms with van der Waals surface area (Å²) in [6, 6.07) is 13.0. The molecule has 35 heavy (non-hydrogen) atoms. The SMILES string of the molecule is Cc1ccc(-c2c([C@H](OC(C)(C)C)C(=O)O)cc3c(c2C)C(C(=O)c2cc(C)ccn2)NC3)cc1. The second kappa shape index (κ2) is 9.36. The van der Waals surface area contributed by atoms with E-state index in [9.17, 15) is 14.7 Å². The summed E-state index contributed by atoms with van der Waals surface area (Å²) in [6.45, 7) is 11.9. The Balaban J connectivity index is 1.92. The second-order valence-corrected chi connectivity index (χ2v) is 10.2. The molecule has 2 atom stereocenters. The Kier molecular flexibility index (Phi) is 6.62. The zero-order valence-corrected chi connectivity index (χ0v) is 21.1. The van der Waals surface area contributed by atoms with Crippen LogP contribution in [0.5, 0.6) is 0 Å². The Hall–Kier alpha value is -3.35. The molecule has 4 rings (SSSR count). The fourth-order valence-corrected chi connectivity index (χ4v) is 4.75. The van der Waals surface area contributed by atoms with Crippen LogP contribution in [0.2, 0.25) is 0 Å². The normalized spacial score (nSPS) is 16.1. The molecule has 2 N–H and O–H groups in total. The number of nitrogens with zero attached hydrogens (tertiary/aromatic N) is 1. The van der Waals surface area contributed by atoms with Crippen LogP contribution < -0.4 is 5.32 Å². The number of carboxylic acid groups (broad SMARTS) is 1. The van der Waals surface area contributed by atoms with Gasteiger partial charge in [0.1, 0.15) is 5.69 Å². The molecule has 0 amide bonds. The number of rotatable bonds is 6. The molecule has 6 nitrogen and oxygen atoms in total. The van der Waals surface area contributed by atoms with Crippen molar-refractivity contribution in [1.82, 2.24) is 10.3 Å². The first kappa shape index (κ1) is 24.8. The number of ketones is 1. The summed E-state index contributed by atoms with van der Waals surface area (Å²) in [6.07, 6.45) is 0.497. The molecule has 0 bridgehead atoms. The zero-order chi connectivity index (χ0) is 25.5. The Labute approximate surface area is 206 Å². The van der Waals surface area contributed by atoms with Crippen LogP contribution in [0.3, 0.4) is 0 Å². The molecule has 182 valence electrons. The van der Waals surface area contributed by atoms with Crippen molar-refractivity contribution in [2.45, 2.75) is 65.8 Å². The molecular weight excluding hydrogens is 440 g/mol. The van der Waals surface area contributed by atoms with Crippen LogP contribution in [0.4, 0.5) is 0 Å².